The molecule has 1 aliphatic heterocycles. The lowest BCUT2D eigenvalue weighted by atomic mass is 10.1. The van der Waals surface area contributed by atoms with E-state index in [0.717, 1.165) is 41.5 Å². The van der Waals surface area contributed by atoms with Crippen LogP contribution in [0.3, 0.4) is 0 Å². The second-order valence-electron chi connectivity index (χ2n) is 5.91. The normalized spacial score (nSPS) is 14.0. The van der Waals surface area contributed by atoms with Crippen LogP contribution in [-0.2, 0) is 4.79 Å². The molecule has 0 spiro atoms. The van der Waals surface area contributed by atoms with Crippen molar-refractivity contribution in [2.45, 2.75) is 62.3 Å². The number of carbonyl (C=O) groups is 1. The van der Waals surface area contributed by atoms with Crippen LogP contribution in [-0.4, -0.2) is 46.4 Å². The van der Waals surface area contributed by atoms with Crippen LogP contribution in [0.25, 0.3) is 0 Å². The zero-order valence-corrected chi connectivity index (χ0v) is 20.4. The van der Waals surface area contributed by atoms with E-state index < -0.39 is 0 Å². The van der Waals surface area contributed by atoms with E-state index in [1.165, 1.54) is 0 Å². The molecular weight excluding hydrogens is 376 g/mol. The third kappa shape index (κ3) is 10.6. The van der Waals surface area contributed by atoms with Crippen molar-refractivity contribution in [1.29, 1.82) is 0 Å². The fourth-order valence-electron chi connectivity index (χ4n) is 2.11. The molecule has 0 aromatic heterocycles. The van der Waals surface area contributed by atoms with Crippen LogP contribution in [0.15, 0.2) is 58.0 Å². The highest BCUT2D eigenvalue weighted by atomic mass is 16.3. The lowest BCUT2D eigenvalue weighted by Crippen LogP contribution is -2.20. The van der Waals surface area contributed by atoms with Crippen LogP contribution < -0.4 is 0 Å². The number of carbonyl (C=O) groups excluding carboxylic acids is 1. The van der Waals surface area contributed by atoms with Crippen molar-refractivity contribution in [2.75, 3.05) is 13.6 Å². The number of rotatable bonds is 4. The predicted octanol–water partition coefficient (Wildman–Crippen LogP) is 5.80. The molecule has 0 saturated carbocycles. The number of phenolic OH excluding ortho intramolecular Hbond substituents is 1. The van der Waals surface area contributed by atoms with Gasteiger partial charge >= 0.3 is 0 Å². The van der Waals surface area contributed by atoms with Gasteiger partial charge in [-0.15, -0.1) is 0 Å². The molecule has 0 atom stereocenters. The topological polar surface area (TPSA) is 68.5 Å². The van der Waals surface area contributed by atoms with Crippen molar-refractivity contribution in [3.05, 3.63) is 53.5 Å². The minimum atomic E-state index is 0.255. The summed E-state index contributed by atoms with van der Waals surface area (Å²) in [5, 5.41) is 15.8. The Kier molecular flexibility index (Phi) is 16.6. The molecule has 2 rings (SSSR count). The number of hydrogen-bond acceptors (Lipinski definition) is 5. The number of phenols is 1. The molecule has 1 aromatic rings. The average Bonchev–Trinajstić information content (AvgIpc) is 2.78. The molecule has 0 saturated heterocycles. The number of nitrogens with zero attached hydrogens (tertiary/aromatic N) is 4. The summed E-state index contributed by atoms with van der Waals surface area (Å²) in [6.45, 7) is 18.6. The highest BCUT2D eigenvalue weighted by molar-refractivity contribution is 5.99. The van der Waals surface area contributed by atoms with Gasteiger partial charge < -0.3 is 10.0 Å². The Morgan fingerprint density at radius 3 is 2.10 bits per heavy atom. The van der Waals surface area contributed by atoms with Gasteiger partial charge in [-0.05, 0) is 76.6 Å². The minimum absolute atomic E-state index is 0.255. The lowest BCUT2D eigenvalue weighted by Gasteiger charge is -2.24. The SMILES string of the molecule is C/C=C1\N=C(C)C=C(C)N1/N=C(\C)c1ccc(O)cc1.CC.CC.CCN(C)C=O. The predicted molar refractivity (Wildman–Crippen MR) is 130 cm³/mol. The first-order valence-corrected chi connectivity index (χ1v) is 10.5. The summed E-state index contributed by atoms with van der Waals surface area (Å²) in [4.78, 5) is 15.7. The number of hydrogen-bond donors (Lipinski definition) is 1. The zero-order valence-electron chi connectivity index (χ0n) is 20.4. The number of benzene rings is 1. The van der Waals surface area contributed by atoms with Crippen molar-refractivity contribution in [3.63, 3.8) is 0 Å². The molecule has 0 bridgehead atoms. The Bertz CT molecular complexity index is 732. The Hall–Kier alpha value is -2.89. The van der Waals surface area contributed by atoms with Gasteiger partial charge in [0.15, 0.2) is 0 Å². The molecule has 1 aliphatic rings. The maximum absolute atomic E-state index is 9.66. The molecule has 6 nitrogen and oxygen atoms in total. The summed E-state index contributed by atoms with van der Waals surface area (Å²) in [6, 6.07) is 7.01. The second-order valence-corrected chi connectivity index (χ2v) is 5.91. The third-order valence-corrected chi connectivity index (χ3v) is 3.73. The average molecular weight is 417 g/mol. The van der Waals surface area contributed by atoms with Crippen molar-refractivity contribution in [2.24, 2.45) is 10.1 Å². The molecule has 30 heavy (non-hydrogen) atoms. The Morgan fingerprint density at radius 1 is 1.17 bits per heavy atom. The summed E-state index contributed by atoms with van der Waals surface area (Å²) < 4.78 is 0. The molecule has 0 unspecified atom stereocenters. The summed E-state index contributed by atoms with van der Waals surface area (Å²) in [5.41, 5.74) is 3.84. The summed E-state index contributed by atoms with van der Waals surface area (Å²) in [6.07, 6.45) is 4.74. The first-order valence-electron chi connectivity index (χ1n) is 10.5. The van der Waals surface area contributed by atoms with Gasteiger partial charge in [-0.25, -0.2) is 10.0 Å². The van der Waals surface area contributed by atoms with Crippen LogP contribution in [0.4, 0.5) is 0 Å². The smallest absolute Gasteiger partial charge is 0.209 e. The van der Waals surface area contributed by atoms with Crippen molar-refractivity contribution < 1.29 is 9.90 Å². The van der Waals surface area contributed by atoms with E-state index in [1.807, 2.05) is 91.6 Å². The molecule has 0 aliphatic carbocycles. The highest BCUT2D eigenvalue weighted by Gasteiger charge is 2.15. The van der Waals surface area contributed by atoms with E-state index in [0.29, 0.717) is 0 Å². The number of allylic oxidation sites excluding steroid dienone is 3. The van der Waals surface area contributed by atoms with Gasteiger partial charge in [0.1, 0.15) is 11.6 Å². The van der Waals surface area contributed by atoms with Gasteiger partial charge in [-0.2, -0.15) is 5.10 Å². The molecule has 6 heteroatoms. The van der Waals surface area contributed by atoms with Gasteiger partial charge in [0.2, 0.25) is 6.41 Å². The lowest BCUT2D eigenvalue weighted by molar-refractivity contribution is -0.116. The van der Waals surface area contributed by atoms with Gasteiger partial charge in [-0.1, -0.05) is 27.7 Å². The maximum atomic E-state index is 9.66. The molecule has 0 fully saturated rings. The molecule has 1 aromatic carbocycles. The van der Waals surface area contributed by atoms with E-state index in [-0.39, 0.29) is 5.75 Å². The number of amides is 1. The Labute approximate surface area is 183 Å². The zero-order chi connectivity index (χ0) is 23.7. The molecule has 0 radical (unpaired) electrons. The Morgan fingerprint density at radius 2 is 1.70 bits per heavy atom. The monoisotopic (exact) mass is 416 g/mol. The van der Waals surface area contributed by atoms with Crippen molar-refractivity contribution in [3.8, 4) is 5.75 Å². The highest BCUT2D eigenvalue weighted by Crippen LogP contribution is 2.21. The number of aliphatic imine (C=N–C) groups is 1. The first kappa shape index (κ1) is 29.3. The van der Waals surface area contributed by atoms with Crippen LogP contribution in [0, 0.1) is 0 Å². The summed E-state index contributed by atoms with van der Waals surface area (Å²) >= 11 is 0. The Balaban J connectivity index is 0. The van der Waals surface area contributed by atoms with E-state index in [1.54, 1.807) is 24.1 Å². The standard InChI is InChI=1S/C16H19N3O.C4H9NO.2C2H6/c1-5-16-17-11(2)10-12(3)19(16)18-13(4)14-6-8-15(20)9-7-14;1-3-5(2)4-6;2*1-2/h5-10,20H,1-4H3;4H,3H2,1-2H3;2*1-2H3/b16-5+,18-13+;;;. The molecular formula is C24H40N4O2. The van der Waals surface area contributed by atoms with E-state index in [9.17, 15) is 9.90 Å². The molecule has 1 amide bonds. The van der Waals surface area contributed by atoms with Crippen LogP contribution in [0.1, 0.15) is 67.9 Å². The van der Waals surface area contributed by atoms with E-state index in [2.05, 4.69) is 10.1 Å². The summed E-state index contributed by atoms with van der Waals surface area (Å²) in [7, 11) is 1.74. The van der Waals surface area contributed by atoms with Gasteiger partial charge in [-0.3, -0.25) is 4.79 Å². The molecule has 1 N–H and O–H groups in total. The molecule has 1 heterocycles. The van der Waals surface area contributed by atoms with Crippen molar-refractivity contribution in [1.82, 2.24) is 9.91 Å². The van der Waals surface area contributed by atoms with Gasteiger partial charge in [0.25, 0.3) is 0 Å². The fraction of sp³-hybridized carbons (Fsp3) is 0.458. The van der Waals surface area contributed by atoms with Gasteiger partial charge in [0, 0.05) is 25.0 Å². The number of aromatic hydroxyl groups is 1. The van der Waals surface area contributed by atoms with Crippen LogP contribution in [0.2, 0.25) is 0 Å². The third-order valence-electron chi connectivity index (χ3n) is 3.73. The van der Waals surface area contributed by atoms with Crippen LogP contribution in [0.5, 0.6) is 5.75 Å². The minimum Gasteiger partial charge on any atom is -0.508 e. The van der Waals surface area contributed by atoms with E-state index in [4.69, 9.17) is 0 Å². The number of hydrazone groups is 1. The maximum Gasteiger partial charge on any atom is 0.209 e. The quantitative estimate of drug-likeness (QED) is 0.498. The van der Waals surface area contributed by atoms with E-state index >= 15 is 0 Å². The largest absolute Gasteiger partial charge is 0.508 e. The van der Waals surface area contributed by atoms with Crippen molar-refractivity contribution >= 4 is 17.8 Å². The first-order chi connectivity index (χ1) is 14.3. The second kappa shape index (κ2) is 17.0. The summed E-state index contributed by atoms with van der Waals surface area (Å²) in [5.74, 6) is 1.07. The van der Waals surface area contributed by atoms with Gasteiger partial charge in [0.05, 0.1) is 5.71 Å². The fourth-order valence-corrected chi connectivity index (χ4v) is 2.11. The molecule has 168 valence electrons. The van der Waals surface area contributed by atoms with Crippen LogP contribution >= 0.6 is 0 Å².